The first kappa shape index (κ1) is 14.4. The van der Waals surface area contributed by atoms with Crippen LogP contribution >= 0.6 is 11.6 Å². The summed E-state index contributed by atoms with van der Waals surface area (Å²) in [5, 5.41) is 0.614. The van der Waals surface area contributed by atoms with Crippen LogP contribution in [0.3, 0.4) is 0 Å². The number of pyridine rings is 1. The summed E-state index contributed by atoms with van der Waals surface area (Å²) >= 11 is 5.92. The minimum atomic E-state index is -0.391. The number of methoxy groups -OCH3 is 1. The van der Waals surface area contributed by atoms with Crippen molar-refractivity contribution < 1.29 is 14.3 Å². The van der Waals surface area contributed by atoms with E-state index in [0.29, 0.717) is 22.9 Å². The third kappa shape index (κ3) is 2.89. The lowest BCUT2D eigenvalue weighted by Crippen LogP contribution is -2.05. The molecule has 0 saturated heterocycles. The van der Waals surface area contributed by atoms with Crippen molar-refractivity contribution in [3.8, 4) is 5.75 Å². The van der Waals surface area contributed by atoms with Crippen molar-refractivity contribution in [1.29, 1.82) is 0 Å². The molecule has 5 nitrogen and oxygen atoms in total. The minimum Gasteiger partial charge on any atom is -0.487 e. The Hall–Kier alpha value is -2.53. The largest absolute Gasteiger partial charge is 0.487 e. The van der Waals surface area contributed by atoms with Crippen molar-refractivity contribution in [1.82, 2.24) is 9.38 Å². The van der Waals surface area contributed by atoms with E-state index in [4.69, 9.17) is 21.1 Å². The van der Waals surface area contributed by atoms with Gasteiger partial charge in [-0.25, -0.2) is 9.78 Å². The van der Waals surface area contributed by atoms with Gasteiger partial charge in [-0.1, -0.05) is 17.7 Å². The molecule has 0 bridgehead atoms. The molecule has 1 aromatic carbocycles. The Labute approximate surface area is 132 Å². The Bertz CT molecular complexity index is 829. The lowest BCUT2D eigenvalue weighted by Gasteiger charge is -2.07. The van der Waals surface area contributed by atoms with E-state index < -0.39 is 5.97 Å². The van der Waals surface area contributed by atoms with Crippen molar-refractivity contribution in [2.45, 2.75) is 6.61 Å². The first-order valence-electron chi connectivity index (χ1n) is 6.60. The lowest BCUT2D eigenvalue weighted by molar-refractivity contribution is 0.0600. The van der Waals surface area contributed by atoms with Crippen LogP contribution in [0.4, 0.5) is 0 Å². The number of hydrogen-bond acceptors (Lipinski definition) is 4. The second-order valence-electron chi connectivity index (χ2n) is 4.63. The standard InChI is InChI=1S/C16H13ClN2O3/c1-21-16(20)11-5-6-15-18-8-13(19(15)9-11)10-22-14-4-2-3-12(17)7-14/h2-9H,10H2,1H3. The second kappa shape index (κ2) is 6.07. The molecule has 0 saturated carbocycles. The molecule has 0 atom stereocenters. The number of rotatable bonds is 4. The second-order valence-corrected chi connectivity index (χ2v) is 5.07. The average molecular weight is 317 g/mol. The van der Waals surface area contributed by atoms with Crippen molar-refractivity contribution in [2.75, 3.05) is 7.11 Å². The minimum absolute atomic E-state index is 0.312. The molecular weight excluding hydrogens is 304 g/mol. The molecular formula is C16H13ClN2O3. The predicted octanol–water partition coefficient (Wildman–Crippen LogP) is 3.35. The highest BCUT2D eigenvalue weighted by Crippen LogP contribution is 2.19. The molecule has 3 rings (SSSR count). The molecule has 22 heavy (non-hydrogen) atoms. The lowest BCUT2D eigenvalue weighted by atomic mass is 10.3. The van der Waals surface area contributed by atoms with Crippen molar-refractivity contribution in [2.24, 2.45) is 0 Å². The van der Waals surface area contributed by atoms with Crippen LogP contribution in [0.25, 0.3) is 5.65 Å². The van der Waals surface area contributed by atoms with Gasteiger partial charge in [0, 0.05) is 11.2 Å². The van der Waals surface area contributed by atoms with Crippen molar-refractivity contribution >= 4 is 23.2 Å². The van der Waals surface area contributed by atoms with Gasteiger partial charge in [-0.15, -0.1) is 0 Å². The number of ether oxygens (including phenoxy) is 2. The average Bonchev–Trinajstić information content (AvgIpc) is 2.94. The first-order chi connectivity index (χ1) is 10.7. The van der Waals surface area contributed by atoms with E-state index in [-0.39, 0.29) is 0 Å². The number of benzene rings is 1. The SMILES string of the molecule is COC(=O)c1ccc2ncc(COc3cccc(Cl)c3)n2c1. The van der Waals surface area contributed by atoms with Gasteiger partial charge in [-0.05, 0) is 30.3 Å². The van der Waals surface area contributed by atoms with E-state index in [0.717, 1.165) is 11.3 Å². The predicted molar refractivity (Wildman–Crippen MR) is 82.3 cm³/mol. The van der Waals surface area contributed by atoms with E-state index in [9.17, 15) is 4.79 Å². The van der Waals surface area contributed by atoms with Gasteiger partial charge in [0.05, 0.1) is 24.6 Å². The number of nitrogens with zero attached hydrogens (tertiary/aromatic N) is 2. The Balaban J connectivity index is 1.85. The highest BCUT2D eigenvalue weighted by atomic mass is 35.5. The zero-order valence-electron chi connectivity index (χ0n) is 11.8. The van der Waals surface area contributed by atoms with E-state index in [1.165, 1.54) is 7.11 Å². The van der Waals surface area contributed by atoms with Gasteiger partial charge in [0.2, 0.25) is 0 Å². The summed E-state index contributed by atoms with van der Waals surface area (Å²) in [7, 11) is 1.35. The summed E-state index contributed by atoms with van der Waals surface area (Å²) < 4.78 is 12.2. The van der Waals surface area contributed by atoms with Gasteiger partial charge in [-0.3, -0.25) is 4.40 Å². The molecule has 6 heteroatoms. The molecule has 0 aliphatic heterocycles. The third-order valence-electron chi connectivity index (χ3n) is 3.19. The highest BCUT2D eigenvalue weighted by molar-refractivity contribution is 6.30. The molecule has 112 valence electrons. The fourth-order valence-corrected chi connectivity index (χ4v) is 2.27. The normalized spacial score (nSPS) is 10.6. The molecule has 2 heterocycles. The number of halogens is 1. The molecule has 0 radical (unpaired) electrons. The molecule has 3 aromatic rings. The molecule has 0 N–H and O–H groups in total. The van der Waals surface area contributed by atoms with Gasteiger partial charge >= 0.3 is 5.97 Å². The van der Waals surface area contributed by atoms with Crippen LogP contribution in [-0.2, 0) is 11.3 Å². The maximum Gasteiger partial charge on any atom is 0.339 e. The van der Waals surface area contributed by atoms with Gasteiger partial charge < -0.3 is 9.47 Å². The van der Waals surface area contributed by atoms with Gasteiger partial charge in [0.15, 0.2) is 0 Å². The van der Waals surface area contributed by atoms with Crippen LogP contribution in [0.15, 0.2) is 48.8 Å². The number of hydrogen-bond donors (Lipinski definition) is 0. The van der Waals surface area contributed by atoms with Gasteiger partial charge in [0.1, 0.15) is 18.0 Å². The molecule has 0 aliphatic rings. The Kier molecular flexibility index (Phi) is 3.98. The molecule has 2 aromatic heterocycles. The van der Waals surface area contributed by atoms with Crippen LogP contribution in [0.1, 0.15) is 16.1 Å². The monoisotopic (exact) mass is 316 g/mol. The number of carbonyl (C=O) groups excluding carboxylic acids is 1. The Morgan fingerprint density at radius 2 is 2.18 bits per heavy atom. The van der Waals surface area contributed by atoms with Crippen LogP contribution in [0.5, 0.6) is 5.75 Å². The summed E-state index contributed by atoms with van der Waals surface area (Å²) in [6.45, 7) is 0.312. The fraction of sp³-hybridized carbons (Fsp3) is 0.125. The molecule has 0 fully saturated rings. The maximum atomic E-state index is 11.6. The summed E-state index contributed by atoms with van der Waals surface area (Å²) in [5.41, 5.74) is 2.01. The topological polar surface area (TPSA) is 52.8 Å². The van der Waals surface area contributed by atoms with Crippen molar-refractivity contribution in [3.63, 3.8) is 0 Å². The smallest absolute Gasteiger partial charge is 0.339 e. The maximum absolute atomic E-state index is 11.6. The number of carbonyl (C=O) groups is 1. The summed E-state index contributed by atoms with van der Waals surface area (Å²) in [5.74, 6) is 0.281. The zero-order chi connectivity index (χ0) is 15.5. The van der Waals surface area contributed by atoms with E-state index in [1.807, 2.05) is 12.1 Å². The first-order valence-corrected chi connectivity index (χ1v) is 6.98. The molecule has 0 unspecified atom stereocenters. The fourth-order valence-electron chi connectivity index (χ4n) is 2.09. The molecule has 0 aliphatic carbocycles. The van der Waals surface area contributed by atoms with Crippen LogP contribution < -0.4 is 4.74 Å². The van der Waals surface area contributed by atoms with Gasteiger partial charge in [-0.2, -0.15) is 0 Å². The van der Waals surface area contributed by atoms with Gasteiger partial charge in [0.25, 0.3) is 0 Å². The number of imidazole rings is 1. The Morgan fingerprint density at radius 3 is 2.95 bits per heavy atom. The van der Waals surface area contributed by atoms with Crippen LogP contribution in [0, 0.1) is 0 Å². The number of aromatic nitrogens is 2. The van der Waals surface area contributed by atoms with E-state index >= 15 is 0 Å². The van der Waals surface area contributed by atoms with E-state index in [1.54, 1.807) is 41.1 Å². The quantitative estimate of drug-likeness (QED) is 0.693. The van der Waals surface area contributed by atoms with Crippen LogP contribution in [0.2, 0.25) is 5.02 Å². The summed E-state index contributed by atoms with van der Waals surface area (Å²) in [6.07, 6.45) is 3.39. The zero-order valence-corrected chi connectivity index (χ0v) is 12.6. The third-order valence-corrected chi connectivity index (χ3v) is 3.42. The molecule has 0 amide bonds. The van der Waals surface area contributed by atoms with Crippen molar-refractivity contribution in [3.05, 3.63) is 65.1 Å². The van der Waals surface area contributed by atoms with E-state index in [2.05, 4.69) is 4.98 Å². The highest BCUT2D eigenvalue weighted by Gasteiger charge is 2.10. The molecule has 0 spiro atoms. The van der Waals surface area contributed by atoms with Crippen LogP contribution in [-0.4, -0.2) is 22.5 Å². The number of fused-ring (bicyclic) bond motifs is 1. The Morgan fingerprint density at radius 1 is 1.32 bits per heavy atom. The summed E-state index contributed by atoms with van der Waals surface area (Å²) in [6, 6.07) is 10.6. The summed E-state index contributed by atoms with van der Waals surface area (Å²) in [4.78, 5) is 15.9. The number of esters is 1.